The Bertz CT molecular complexity index is 2100. The molecule has 0 spiro atoms. The van der Waals surface area contributed by atoms with E-state index < -0.39 is 118 Å². The molecule has 1 unspecified atom stereocenters. The molecule has 4 N–H and O–H groups in total. The second kappa shape index (κ2) is 16.3. The molecule has 6 rings (SSSR count). The minimum Gasteiger partial charge on any atom is -0.456 e. The van der Waals surface area contributed by atoms with Crippen molar-refractivity contribution in [2.24, 2.45) is 16.7 Å². The van der Waals surface area contributed by atoms with Gasteiger partial charge in [0.25, 0.3) is 0 Å². The molecule has 1 saturated heterocycles. The van der Waals surface area contributed by atoms with E-state index >= 15 is 4.79 Å². The van der Waals surface area contributed by atoms with E-state index in [0.717, 1.165) is 13.8 Å². The van der Waals surface area contributed by atoms with E-state index in [0.29, 0.717) is 5.56 Å². The Labute approximate surface area is 353 Å². The van der Waals surface area contributed by atoms with Gasteiger partial charge in [0.05, 0.1) is 35.6 Å². The number of hydrogen-bond acceptors (Lipinski definition) is 15. The Kier molecular flexibility index (Phi) is 12.1. The number of esters is 4. The zero-order chi connectivity index (χ0) is 45.0. The van der Waals surface area contributed by atoms with Gasteiger partial charge in [-0.1, -0.05) is 62.4 Å². The first-order valence-corrected chi connectivity index (χ1v) is 20.2. The normalized spacial score (nSPS) is 32.5. The number of aliphatic hydroxyl groups is 3. The minimum absolute atomic E-state index is 0.0126. The summed E-state index contributed by atoms with van der Waals surface area (Å²) < 4.78 is 35.6. The van der Waals surface area contributed by atoms with Crippen LogP contribution in [0.15, 0.2) is 71.8 Å². The second-order valence-electron chi connectivity index (χ2n) is 18.2. The summed E-state index contributed by atoms with van der Waals surface area (Å²) in [5.41, 5.74) is -8.30. The molecular weight excluding hydrogens is 794 g/mol. The second-order valence-corrected chi connectivity index (χ2v) is 18.2. The number of ether oxygens (including phenoxy) is 6. The summed E-state index contributed by atoms with van der Waals surface area (Å²) in [7, 11) is 0. The zero-order valence-electron chi connectivity index (χ0n) is 35.8. The number of alkyl carbamates (subject to hydrolysis) is 1. The number of rotatable bonds is 9. The molecule has 0 radical (unpaired) electrons. The molecule has 2 saturated carbocycles. The van der Waals surface area contributed by atoms with Gasteiger partial charge in [0.1, 0.15) is 29.5 Å². The van der Waals surface area contributed by atoms with Crippen molar-refractivity contribution >= 4 is 35.8 Å². The summed E-state index contributed by atoms with van der Waals surface area (Å²) >= 11 is 0. The Balaban J connectivity index is 1.54. The highest BCUT2D eigenvalue weighted by Crippen LogP contribution is 2.64. The standard InChI is InChI=1S/C45H55NO15/c1-23-28(58-39(53)33(50)32(26-16-12-10-13-17-26)46-40(54)61-41(4,5)6)21-45(55)37(59-38(52)27-18-14-11-15-19-27)35-43(9,29(49)20-30-44(35,22-56-30)60-25(3)48)36(51)34(57-24(2)47)31(23)42(45,7)8/h10-19,28-30,32-35,37,49-50,55H,20-22H2,1-9H3,(H,46,54)/t28-,29-,30?,32-,33+,34+,35-,37-,43+,44-,45+/m0/s1. The maximum Gasteiger partial charge on any atom is 0.408 e. The van der Waals surface area contributed by atoms with Gasteiger partial charge in [0.2, 0.25) is 0 Å². The molecule has 2 aromatic rings. The van der Waals surface area contributed by atoms with E-state index in [1.54, 1.807) is 83.1 Å². The smallest absolute Gasteiger partial charge is 0.408 e. The Morgan fingerprint density at radius 2 is 1.51 bits per heavy atom. The van der Waals surface area contributed by atoms with Crippen LogP contribution in [0.5, 0.6) is 0 Å². The lowest BCUT2D eigenvalue weighted by Gasteiger charge is -2.67. The highest BCUT2D eigenvalue weighted by Gasteiger charge is 2.78. The average molecular weight is 850 g/mol. The van der Waals surface area contributed by atoms with Crippen LogP contribution in [0, 0.1) is 16.7 Å². The molecule has 16 nitrogen and oxygen atoms in total. The lowest BCUT2D eigenvalue weighted by Crippen LogP contribution is -2.82. The van der Waals surface area contributed by atoms with Crippen molar-refractivity contribution in [2.75, 3.05) is 6.61 Å². The van der Waals surface area contributed by atoms with Gasteiger partial charge in [0, 0.05) is 32.1 Å². The first-order valence-electron chi connectivity index (χ1n) is 20.2. The molecule has 1 amide bonds. The highest BCUT2D eigenvalue weighted by atomic mass is 16.6. The van der Waals surface area contributed by atoms with E-state index in [-0.39, 0.29) is 29.7 Å². The van der Waals surface area contributed by atoms with Crippen LogP contribution in [-0.2, 0) is 47.6 Å². The molecule has 3 fully saturated rings. The van der Waals surface area contributed by atoms with Crippen LogP contribution in [0.1, 0.15) is 97.1 Å². The highest BCUT2D eigenvalue weighted by molar-refractivity contribution is 5.95. The Hall–Kier alpha value is -5.16. The number of Topliss-reactive ketones (excluding diaryl/α,β-unsaturated/α-hetero) is 1. The molecule has 2 aromatic carbocycles. The number of ketones is 1. The van der Waals surface area contributed by atoms with Gasteiger partial charge in [-0.25, -0.2) is 14.4 Å². The van der Waals surface area contributed by atoms with Crippen molar-refractivity contribution in [1.29, 1.82) is 0 Å². The summed E-state index contributed by atoms with van der Waals surface area (Å²) in [6.07, 6.45) is -11.5. The van der Waals surface area contributed by atoms with Crippen LogP contribution in [-0.4, -0.2) is 111 Å². The lowest BCUT2D eigenvalue weighted by atomic mass is 9.44. The van der Waals surface area contributed by atoms with E-state index in [1.165, 1.54) is 26.0 Å². The monoisotopic (exact) mass is 849 g/mol. The van der Waals surface area contributed by atoms with Gasteiger partial charge in [-0.05, 0) is 63.5 Å². The third-order valence-electron chi connectivity index (χ3n) is 12.8. The topological polar surface area (TPSA) is 231 Å². The van der Waals surface area contributed by atoms with E-state index in [2.05, 4.69) is 5.32 Å². The fourth-order valence-corrected chi connectivity index (χ4v) is 9.80. The summed E-state index contributed by atoms with van der Waals surface area (Å²) in [6.45, 7) is 12.9. The maximum atomic E-state index is 15.5. The first kappa shape index (κ1) is 45.4. The minimum atomic E-state index is -2.40. The molecule has 1 aliphatic heterocycles. The van der Waals surface area contributed by atoms with Crippen molar-refractivity contribution in [2.45, 2.75) is 135 Å². The molecule has 0 aromatic heterocycles. The van der Waals surface area contributed by atoms with Crippen molar-refractivity contribution in [1.82, 2.24) is 5.32 Å². The Morgan fingerprint density at radius 3 is 2.05 bits per heavy atom. The third-order valence-corrected chi connectivity index (χ3v) is 12.8. The molecule has 16 heteroatoms. The predicted octanol–water partition coefficient (Wildman–Crippen LogP) is 3.83. The van der Waals surface area contributed by atoms with Gasteiger partial charge in [-0.3, -0.25) is 14.4 Å². The lowest BCUT2D eigenvalue weighted by molar-refractivity contribution is -0.346. The maximum absolute atomic E-state index is 15.5. The molecule has 61 heavy (non-hydrogen) atoms. The number of carbonyl (C=O) groups excluding carboxylic acids is 6. The van der Waals surface area contributed by atoms with Crippen molar-refractivity contribution in [3.05, 3.63) is 82.9 Å². The number of benzene rings is 2. The first-order chi connectivity index (χ1) is 28.4. The molecule has 11 atom stereocenters. The van der Waals surface area contributed by atoms with Gasteiger partial charge in [-0.2, -0.15) is 0 Å². The van der Waals surface area contributed by atoms with Crippen LogP contribution in [0.3, 0.4) is 0 Å². The number of amides is 1. The number of carbonyl (C=O) groups is 6. The predicted molar refractivity (Wildman–Crippen MR) is 213 cm³/mol. The van der Waals surface area contributed by atoms with Crippen molar-refractivity contribution in [3.8, 4) is 0 Å². The summed E-state index contributed by atoms with van der Waals surface area (Å²) in [6, 6.07) is 14.5. The van der Waals surface area contributed by atoms with E-state index in [9.17, 15) is 39.3 Å². The number of aliphatic hydroxyl groups excluding tert-OH is 2. The van der Waals surface area contributed by atoms with Crippen LogP contribution >= 0.6 is 0 Å². The molecule has 3 aliphatic carbocycles. The fraction of sp³-hybridized carbons (Fsp3) is 0.556. The van der Waals surface area contributed by atoms with Crippen LogP contribution in [0.25, 0.3) is 0 Å². The Morgan fingerprint density at radius 1 is 0.902 bits per heavy atom. The van der Waals surface area contributed by atoms with Crippen LogP contribution < -0.4 is 5.32 Å². The molecule has 1 heterocycles. The fourth-order valence-electron chi connectivity index (χ4n) is 9.80. The summed E-state index contributed by atoms with van der Waals surface area (Å²) in [4.78, 5) is 82.9. The van der Waals surface area contributed by atoms with E-state index in [4.69, 9.17) is 28.4 Å². The van der Waals surface area contributed by atoms with Gasteiger partial charge >= 0.3 is 30.0 Å². The van der Waals surface area contributed by atoms with E-state index in [1.807, 2.05) is 0 Å². The number of hydrogen-bond donors (Lipinski definition) is 4. The van der Waals surface area contributed by atoms with Gasteiger partial charge < -0.3 is 49.1 Å². The third kappa shape index (κ3) is 7.94. The quantitative estimate of drug-likeness (QED) is 0.160. The van der Waals surface area contributed by atoms with Crippen LogP contribution in [0.4, 0.5) is 4.79 Å². The van der Waals surface area contributed by atoms with Gasteiger partial charge in [-0.15, -0.1) is 0 Å². The summed E-state index contributed by atoms with van der Waals surface area (Å²) in [5, 5.41) is 39.9. The molecule has 4 aliphatic rings. The molecule has 2 bridgehead atoms. The van der Waals surface area contributed by atoms with Crippen molar-refractivity contribution < 1.29 is 72.5 Å². The molecule has 330 valence electrons. The van der Waals surface area contributed by atoms with Crippen molar-refractivity contribution in [3.63, 3.8) is 0 Å². The molecular formula is C45H55NO15. The SMILES string of the molecule is CC(=O)O[C@H]1C(=O)[C@]2(C)[C@@H](O)CC3OC[C@@]3(OC(C)=O)[C@H]2[C@H](OC(=O)c2ccccc2)[C@]2(O)C[C@H](OC(=O)[C@H](O)[C@@H](NC(=O)OC(C)(C)C)c3ccccc3)C(C)=C1C2(C)C. The zero-order valence-corrected chi connectivity index (χ0v) is 35.8. The van der Waals surface area contributed by atoms with Crippen LogP contribution in [0.2, 0.25) is 0 Å². The number of nitrogens with one attached hydrogen (secondary N) is 1. The largest absolute Gasteiger partial charge is 0.456 e. The number of fused-ring (bicyclic) bond motifs is 5. The average Bonchev–Trinajstić information content (AvgIpc) is 3.17. The van der Waals surface area contributed by atoms with Gasteiger partial charge in [0.15, 0.2) is 23.6 Å². The summed E-state index contributed by atoms with van der Waals surface area (Å²) in [5.74, 6) is -6.30.